The highest BCUT2D eigenvalue weighted by molar-refractivity contribution is 7.12. The normalized spacial score (nSPS) is 13.7. The van der Waals surface area contributed by atoms with Crippen LogP contribution in [0, 0.1) is 24.5 Å². The Labute approximate surface area is 269 Å². The maximum atomic E-state index is 14.1. The van der Waals surface area contributed by atoms with E-state index in [-0.39, 0.29) is 23.5 Å². The molecule has 1 amide bonds. The second-order valence-corrected chi connectivity index (χ2v) is 12.4. The summed E-state index contributed by atoms with van der Waals surface area (Å²) >= 11 is 1.41. The van der Waals surface area contributed by atoms with E-state index in [4.69, 9.17) is 4.99 Å². The fourth-order valence-electron chi connectivity index (χ4n) is 5.77. The molecule has 1 aliphatic rings. The number of likely N-dealkylation sites (tertiary alicyclic amines) is 1. The number of piperidine rings is 1. The zero-order chi connectivity index (χ0) is 31.9. The molecule has 45 heavy (non-hydrogen) atoms. The molecule has 1 aliphatic heterocycles. The highest BCUT2D eigenvalue weighted by Crippen LogP contribution is 2.40. The first kappa shape index (κ1) is 32.0. The van der Waals surface area contributed by atoms with Crippen molar-refractivity contribution in [3.05, 3.63) is 136 Å². The van der Waals surface area contributed by atoms with Crippen LogP contribution in [0.4, 0.5) is 20.2 Å². The minimum Gasteiger partial charge on any atom is -0.341 e. The van der Waals surface area contributed by atoms with Crippen LogP contribution >= 0.6 is 11.3 Å². The van der Waals surface area contributed by atoms with Crippen LogP contribution < -0.4 is 4.90 Å². The Morgan fingerprint density at radius 3 is 2.42 bits per heavy atom. The number of para-hydroxylation sites is 1. The van der Waals surface area contributed by atoms with Gasteiger partial charge in [-0.3, -0.25) is 9.79 Å². The first-order valence-corrected chi connectivity index (χ1v) is 16.3. The second-order valence-electron chi connectivity index (χ2n) is 11.5. The van der Waals surface area contributed by atoms with Crippen molar-refractivity contribution in [1.82, 2.24) is 4.90 Å². The highest BCUT2D eigenvalue weighted by Gasteiger charge is 2.30. The van der Waals surface area contributed by atoms with Crippen molar-refractivity contribution in [1.29, 1.82) is 0 Å². The molecule has 232 valence electrons. The van der Waals surface area contributed by atoms with Crippen LogP contribution in [0.25, 0.3) is 5.57 Å². The lowest BCUT2D eigenvalue weighted by Crippen LogP contribution is -2.40. The van der Waals surface area contributed by atoms with Gasteiger partial charge in [-0.2, -0.15) is 0 Å². The highest BCUT2D eigenvalue weighted by atomic mass is 32.1. The number of aliphatic imine (C=N–C) groups is 1. The monoisotopic (exact) mass is 623 g/mol. The summed E-state index contributed by atoms with van der Waals surface area (Å²) in [7, 11) is 0. The molecule has 7 heteroatoms. The smallest absolute Gasteiger partial charge is 0.256 e. The maximum Gasteiger partial charge on any atom is 0.256 e. The number of carbonyl (C=O) groups excluding carboxylic acids is 1. The van der Waals surface area contributed by atoms with Gasteiger partial charge < -0.3 is 9.80 Å². The maximum absolute atomic E-state index is 14.1. The summed E-state index contributed by atoms with van der Waals surface area (Å²) in [6, 6.07) is 21.2. The summed E-state index contributed by atoms with van der Waals surface area (Å²) in [6.45, 7) is 14.6. The second kappa shape index (κ2) is 14.6. The van der Waals surface area contributed by atoms with Crippen molar-refractivity contribution in [2.45, 2.75) is 46.1 Å². The molecule has 1 saturated heterocycles. The quantitative estimate of drug-likeness (QED) is 0.156. The average molecular weight is 624 g/mol. The number of unbranched alkanes of at least 4 members (excludes halogenated alkanes) is 1. The topological polar surface area (TPSA) is 35.9 Å². The van der Waals surface area contributed by atoms with Crippen LogP contribution in [0.15, 0.2) is 102 Å². The predicted octanol–water partition coefficient (Wildman–Crippen LogP) is 9.97. The third-order valence-electron chi connectivity index (χ3n) is 8.32. The lowest BCUT2D eigenvalue weighted by Gasteiger charge is -2.38. The Hall–Kier alpha value is -4.36. The Morgan fingerprint density at radius 1 is 1.02 bits per heavy atom. The largest absolute Gasteiger partial charge is 0.341 e. The van der Waals surface area contributed by atoms with Gasteiger partial charge in [0.2, 0.25) is 0 Å². The summed E-state index contributed by atoms with van der Waals surface area (Å²) in [5.74, 6) is -0.495. The lowest BCUT2D eigenvalue weighted by atomic mass is 9.92. The minimum atomic E-state index is -0.334. The van der Waals surface area contributed by atoms with Gasteiger partial charge in [0.05, 0.1) is 16.1 Å². The third kappa shape index (κ3) is 7.48. The van der Waals surface area contributed by atoms with Crippen molar-refractivity contribution >= 4 is 40.4 Å². The number of thiophene rings is 1. The Bertz CT molecular complexity index is 1720. The number of benzene rings is 3. The first-order valence-electron chi connectivity index (χ1n) is 15.4. The fraction of sp³-hybridized carbons (Fsp3) is 0.263. The molecule has 1 fully saturated rings. The van der Waals surface area contributed by atoms with Crippen LogP contribution in [-0.4, -0.2) is 30.1 Å². The van der Waals surface area contributed by atoms with E-state index in [1.807, 2.05) is 40.8 Å². The molecule has 0 atom stereocenters. The van der Waals surface area contributed by atoms with Gasteiger partial charge in [0.1, 0.15) is 11.6 Å². The molecule has 3 aromatic carbocycles. The van der Waals surface area contributed by atoms with E-state index in [1.165, 1.54) is 29.5 Å². The van der Waals surface area contributed by atoms with Crippen LogP contribution in [0.1, 0.15) is 64.5 Å². The SMILES string of the molecule is C=C(c1cccc(F)c1)c1scc(C(=O)N2CCC(C(=C)N(Cc3cccc(F)c3)c3ccccc3C)CC2)c1N=CCCC. The predicted molar refractivity (Wildman–Crippen MR) is 183 cm³/mol. The van der Waals surface area contributed by atoms with Gasteiger partial charge in [0.25, 0.3) is 5.91 Å². The number of carbonyl (C=O) groups is 1. The molecule has 0 saturated carbocycles. The van der Waals surface area contributed by atoms with Crippen molar-refractivity contribution in [2.75, 3.05) is 18.0 Å². The molecule has 0 bridgehead atoms. The van der Waals surface area contributed by atoms with Crippen LogP contribution in [-0.2, 0) is 6.54 Å². The standard InChI is InChI=1S/C38H39F2N3OS/c1-5-6-19-41-36-34(25-45-37(36)27(3)31-13-10-15-33(40)23-31)38(44)42-20-17-30(18-21-42)28(4)43(35-16-8-7-11-26(35)2)24-29-12-9-14-32(39)22-29/h7-16,19,22-23,25,30H,3-6,17-18,20-21,24H2,1-2H3. The van der Waals surface area contributed by atoms with Gasteiger partial charge in [-0.1, -0.05) is 69.0 Å². The average Bonchev–Trinajstić information content (AvgIpc) is 3.47. The Morgan fingerprint density at radius 2 is 1.73 bits per heavy atom. The van der Waals surface area contributed by atoms with Crippen molar-refractivity contribution in [3.8, 4) is 0 Å². The summed E-state index contributed by atoms with van der Waals surface area (Å²) in [4.78, 5) is 23.5. The van der Waals surface area contributed by atoms with Crippen LogP contribution in [0.3, 0.4) is 0 Å². The molecule has 0 radical (unpaired) electrons. The minimum absolute atomic E-state index is 0.0622. The fourth-order valence-corrected chi connectivity index (χ4v) is 6.75. The van der Waals surface area contributed by atoms with E-state index < -0.39 is 0 Å². The number of nitrogens with zero attached hydrogens (tertiary/aromatic N) is 3. The van der Waals surface area contributed by atoms with Gasteiger partial charge in [-0.25, -0.2) is 8.78 Å². The number of allylic oxidation sites excluding steroid dienone is 1. The van der Waals surface area contributed by atoms with Gasteiger partial charge in [0.15, 0.2) is 0 Å². The molecule has 4 aromatic rings. The molecule has 0 aliphatic carbocycles. The molecular weight excluding hydrogens is 585 g/mol. The molecular formula is C38H39F2N3OS. The van der Waals surface area contributed by atoms with Gasteiger partial charge in [0, 0.05) is 48.5 Å². The number of anilines is 1. The summed E-state index contributed by atoms with van der Waals surface area (Å²) in [6.07, 6.45) is 5.09. The van der Waals surface area contributed by atoms with E-state index in [9.17, 15) is 13.6 Å². The van der Waals surface area contributed by atoms with Crippen LogP contribution in [0.5, 0.6) is 0 Å². The molecule has 2 heterocycles. The summed E-state index contributed by atoms with van der Waals surface area (Å²) in [5.41, 5.74) is 6.46. The Kier molecular flexibility index (Phi) is 10.4. The number of rotatable bonds is 11. The van der Waals surface area contributed by atoms with E-state index in [0.29, 0.717) is 42.0 Å². The molecule has 1 aromatic heterocycles. The van der Waals surface area contributed by atoms with Gasteiger partial charge in [-0.15, -0.1) is 11.3 Å². The first-order chi connectivity index (χ1) is 21.8. The molecule has 4 nitrogen and oxygen atoms in total. The zero-order valence-corrected chi connectivity index (χ0v) is 26.8. The summed E-state index contributed by atoms with van der Waals surface area (Å²) < 4.78 is 28.1. The Balaban J connectivity index is 1.34. The van der Waals surface area contributed by atoms with E-state index in [1.54, 1.807) is 18.2 Å². The number of hydrogen-bond acceptors (Lipinski definition) is 4. The molecule has 5 rings (SSSR count). The molecule has 0 N–H and O–H groups in total. The van der Waals surface area contributed by atoms with E-state index in [2.05, 4.69) is 44.0 Å². The van der Waals surface area contributed by atoms with Gasteiger partial charge >= 0.3 is 0 Å². The lowest BCUT2D eigenvalue weighted by molar-refractivity contribution is 0.0703. The van der Waals surface area contributed by atoms with Gasteiger partial charge in [-0.05, 0) is 78.8 Å². The van der Waals surface area contributed by atoms with E-state index >= 15 is 0 Å². The summed E-state index contributed by atoms with van der Waals surface area (Å²) in [5, 5.41) is 1.85. The van der Waals surface area contributed by atoms with Crippen molar-refractivity contribution < 1.29 is 13.6 Å². The number of hydrogen-bond donors (Lipinski definition) is 0. The number of aryl methyl sites for hydroxylation is 1. The molecule has 0 spiro atoms. The van der Waals surface area contributed by atoms with Crippen molar-refractivity contribution in [3.63, 3.8) is 0 Å². The third-order valence-corrected chi connectivity index (χ3v) is 9.35. The van der Waals surface area contributed by atoms with Crippen LogP contribution in [0.2, 0.25) is 0 Å². The zero-order valence-electron chi connectivity index (χ0n) is 25.9. The number of amides is 1. The number of halogens is 2. The molecule has 0 unspecified atom stereocenters. The van der Waals surface area contributed by atoms with Crippen molar-refractivity contribution in [2.24, 2.45) is 10.9 Å². The van der Waals surface area contributed by atoms with E-state index in [0.717, 1.165) is 53.1 Å².